The first-order valence-electron chi connectivity index (χ1n) is 8.23. The maximum atomic E-state index is 12.5. The van der Waals surface area contributed by atoms with Crippen LogP contribution < -0.4 is 10.3 Å². The molecule has 1 aromatic heterocycles. The first-order valence-corrected chi connectivity index (χ1v) is 8.23. The summed E-state index contributed by atoms with van der Waals surface area (Å²) in [5.41, 5.74) is 2.93. The van der Waals surface area contributed by atoms with Crippen LogP contribution in [0, 0.1) is 0 Å². The number of hydrogen-bond donors (Lipinski definition) is 0. The van der Waals surface area contributed by atoms with E-state index in [1.54, 1.807) is 6.07 Å². The molecule has 4 nitrogen and oxygen atoms in total. The molecule has 24 heavy (non-hydrogen) atoms. The van der Waals surface area contributed by atoms with Crippen molar-refractivity contribution in [2.75, 3.05) is 31.2 Å². The smallest absolute Gasteiger partial charge is 0.200 e. The zero-order valence-corrected chi connectivity index (χ0v) is 13.4. The van der Waals surface area contributed by atoms with Gasteiger partial charge in [0.2, 0.25) is 0 Å². The first kappa shape index (κ1) is 15.0. The molecule has 3 aromatic rings. The van der Waals surface area contributed by atoms with Gasteiger partial charge < -0.3 is 14.1 Å². The molecule has 0 bridgehead atoms. The van der Waals surface area contributed by atoms with E-state index in [4.69, 9.17) is 9.15 Å². The Labute approximate surface area is 140 Å². The second-order valence-electron chi connectivity index (χ2n) is 6.00. The predicted molar refractivity (Wildman–Crippen MR) is 94.8 cm³/mol. The second kappa shape index (κ2) is 6.49. The summed E-state index contributed by atoms with van der Waals surface area (Å²) in [7, 11) is 0. The monoisotopic (exact) mass is 321 g/mol. The highest BCUT2D eigenvalue weighted by atomic mass is 16.5. The van der Waals surface area contributed by atoms with E-state index in [0.29, 0.717) is 30.1 Å². The first-order chi connectivity index (χ1) is 11.8. The van der Waals surface area contributed by atoms with Crippen molar-refractivity contribution < 1.29 is 9.15 Å². The van der Waals surface area contributed by atoms with E-state index >= 15 is 0 Å². The normalized spacial score (nSPS) is 14.9. The molecule has 4 heteroatoms. The van der Waals surface area contributed by atoms with Crippen LogP contribution in [0.25, 0.3) is 11.0 Å². The molecule has 1 fully saturated rings. The molecular weight excluding hydrogens is 302 g/mol. The average molecular weight is 321 g/mol. The third-order valence-corrected chi connectivity index (χ3v) is 4.38. The molecule has 2 aromatic carbocycles. The molecule has 0 amide bonds. The van der Waals surface area contributed by atoms with Gasteiger partial charge in [-0.3, -0.25) is 4.79 Å². The Hall–Kier alpha value is -2.59. The van der Waals surface area contributed by atoms with Gasteiger partial charge in [-0.2, -0.15) is 0 Å². The van der Waals surface area contributed by atoms with Crippen LogP contribution in [0.3, 0.4) is 0 Å². The van der Waals surface area contributed by atoms with Crippen molar-refractivity contribution in [3.8, 4) is 0 Å². The number of benzene rings is 2. The Morgan fingerprint density at radius 1 is 0.958 bits per heavy atom. The van der Waals surface area contributed by atoms with Crippen LogP contribution in [0.1, 0.15) is 11.1 Å². The minimum Gasteiger partial charge on any atom is -0.440 e. The van der Waals surface area contributed by atoms with E-state index in [1.165, 1.54) is 5.56 Å². The molecule has 0 radical (unpaired) electrons. The molecule has 1 aliphatic heterocycles. The van der Waals surface area contributed by atoms with Crippen molar-refractivity contribution in [2.45, 2.75) is 6.42 Å². The Kier molecular flexibility index (Phi) is 4.05. The third-order valence-electron chi connectivity index (χ3n) is 4.38. The summed E-state index contributed by atoms with van der Waals surface area (Å²) >= 11 is 0. The highest BCUT2D eigenvalue weighted by Crippen LogP contribution is 2.24. The fourth-order valence-corrected chi connectivity index (χ4v) is 3.12. The van der Waals surface area contributed by atoms with E-state index in [0.717, 1.165) is 25.1 Å². The maximum Gasteiger partial charge on any atom is 0.200 e. The van der Waals surface area contributed by atoms with Crippen LogP contribution in [-0.4, -0.2) is 26.3 Å². The van der Waals surface area contributed by atoms with Gasteiger partial charge in [0.15, 0.2) is 11.3 Å². The fraction of sp³-hybridized carbons (Fsp3) is 0.250. The number of anilines is 1. The summed E-state index contributed by atoms with van der Waals surface area (Å²) in [4.78, 5) is 14.6. The van der Waals surface area contributed by atoms with Crippen molar-refractivity contribution in [1.82, 2.24) is 0 Å². The van der Waals surface area contributed by atoms with Gasteiger partial charge in [-0.1, -0.05) is 42.5 Å². The lowest BCUT2D eigenvalue weighted by atomic mass is 10.0. The molecule has 0 spiro atoms. The molecule has 2 heterocycles. The summed E-state index contributed by atoms with van der Waals surface area (Å²) in [6, 6.07) is 17.6. The minimum atomic E-state index is 0.00709. The predicted octanol–water partition coefficient (Wildman–Crippen LogP) is 3.22. The Bertz CT molecular complexity index is 896. The number of nitrogens with zero attached hydrogens (tertiary/aromatic N) is 1. The lowest BCUT2D eigenvalue weighted by Gasteiger charge is -2.27. The Balaban J connectivity index is 1.79. The summed E-state index contributed by atoms with van der Waals surface area (Å²) < 4.78 is 11.5. The molecule has 0 saturated carbocycles. The van der Waals surface area contributed by atoms with Crippen LogP contribution in [0.2, 0.25) is 0 Å². The molecule has 4 rings (SSSR count). The van der Waals surface area contributed by atoms with Crippen LogP contribution >= 0.6 is 0 Å². The highest BCUT2D eigenvalue weighted by molar-refractivity contribution is 5.81. The number of morpholine rings is 1. The van der Waals surface area contributed by atoms with Crippen LogP contribution in [0.15, 0.2) is 63.8 Å². The second-order valence-corrected chi connectivity index (χ2v) is 6.00. The standard InChI is InChI=1S/C20H19NO3/c22-18-14-19(21-9-11-23-12-10-21)24-20-16(7-4-8-17(18)20)13-15-5-2-1-3-6-15/h1-8,14H,9-13H2. The number of rotatable bonds is 3. The molecule has 0 unspecified atom stereocenters. The Morgan fingerprint density at radius 3 is 2.54 bits per heavy atom. The van der Waals surface area contributed by atoms with Crippen LogP contribution in [0.4, 0.5) is 5.88 Å². The lowest BCUT2D eigenvalue weighted by Crippen LogP contribution is -2.36. The fourth-order valence-electron chi connectivity index (χ4n) is 3.12. The number of para-hydroxylation sites is 1. The van der Waals surface area contributed by atoms with Crippen molar-refractivity contribution >= 4 is 16.9 Å². The van der Waals surface area contributed by atoms with Crippen molar-refractivity contribution in [3.63, 3.8) is 0 Å². The largest absolute Gasteiger partial charge is 0.440 e. The van der Waals surface area contributed by atoms with Crippen molar-refractivity contribution in [2.24, 2.45) is 0 Å². The van der Waals surface area contributed by atoms with Crippen LogP contribution in [0.5, 0.6) is 0 Å². The summed E-state index contributed by atoms with van der Waals surface area (Å²) in [6.07, 6.45) is 0.744. The van der Waals surface area contributed by atoms with E-state index < -0.39 is 0 Å². The molecule has 1 aliphatic rings. The third kappa shape index (κ3) is 2.93. The van der Waals surface area contributed by atoms with Gasteiger partial charge in [-0.15, -0.1) is 0 Å². The van der Waals surface area contributed by atoms with Gasteiger partial charge in [-0.05, 0) is 17.2 Å². The zero-order valence-electron chi connectivity index (χ0n) is 13.4. The van der Waals surface area contributed by atoms with Crippen molar-refractivity contribution in [3.05, 3.63) is 75.9 Å². The summed E-state index contributed by atoms with van der Waals surface area (Å²) in [5.74, 6) is 0.635. The van der Waals surface area contributed by atoms with Gasteiger partial charge in [-0.25, -0.2) is 0 Å². The van der Waals surface area contributed by atoms with Gasteiger partial charge >= 0.3 is 0 Å². The van der Waals surface area contributed by atoms with Gasteiger partial charge in [0, 0.05) is 25.6 Å². The molecule has 0 atom stereocenters. The lowest BCUT2D eigenvalue weighted by molar-refractivity contribution is 0.121. The molecular formula is C20H19NO3. The van der Waals surface area contributed by atoms with Gasteiger partial charge in [0.05, 0.1) is 18.6 Å². The summed E-state index contributed by atoms with van der Waals surface area (Å²) in [5, 5.41) is 0.639. The SMILES string of the molecule is O=c1cc(N2CCOCC2)oc2c(Cc3ccccc3)cccc12. The van der Waals surface area contributed by atoms with E-state index in [1.807, 2.05) is 36.4 Å². The molecule has 0 aliphatic carbocycles. The van der Waals surface area contributed by atoms with E-state index in [-0.39, 0.29) is 5.43 Å². The summed E-state index contributed by atoms with van der Waals surface area (Å²) in [6.45, 7) is 2.81. The quantitative estimate of drug-likeness (QED) is 0.743. The highest BCUT2D eigenvalue weighted by Gasteiger charge is 2.16. The zero-order chi connectivity index (χ0) is 16.4. The number of hydrogen-bond acceptors (Lipinski definition) is 4. The van der Waals surface area contributed by atoms with Crippen molar-refractivity contribution in [1.29, 1.82) is 0 Å². The minimum absolute atomic E-state index is 0.00709. The topological polar surface area (TPSA) is 42.7 Å². The number of fused-ring (bicyclic) bond motifs is 1. The van der Waals surface area contributed by atoms with E-state index in [9.17, 15) is 4.79 Å². The molecule has 122 valence electrons. The Morgan fingerprint density at radius 2 is 1.75 bits per heavy atom. The van der Waals surface area contributed by atoms with Gasteiger partial charge in [0.1, 0.15) is 5.58 Å². The average Bonchev–Trinajstić information content (AvgIpc) is 2.64. The number of ether oxygens (including phenoxy) is 1. The maximum absolute atomic E-state index is 12.5. The van der Waals surface area contributed by atoms with Crippen LogP contribution in [-0.2, 0) is 11.2 Å². The molecule has 1 saturated heterocycles. The van der Waals surface area contributed by atoms with E-state index in [2.05, 4.69) is 17.0 Å². The molecule has 0 N–H and O–H groups in total. The van der Waals surface area contributed by atoms with Gasteiger partial charge in [0.25, 0.3) is 0 Å².